The molecule has 0 aliphatic rings. The van der Waals surface area contributed by atoms with E-state index in [1.165, 1.54) is 23.5 Å². The molecule has 1 unspecified atom stereocenters. The van der Waals surface area contributed by atoms with Crippen molar-refractivity contribution in [2.24, 2.45) is 0 Å². The molecular formula is C13H11Cl2FS. The lowest BCUT2D eigenvalue weighted by Crippen LogP contribution is -1.94. The summed E-state index contributed by atoms with van der Waals surface area (Å²) in [5.74, 6) is -0.240. The van der Waals surface area contributed by atoms with Crippen molar-refractivity contribution in [3.05, 3.63) is 56.0 Å². The van der Waals surface area contributed by atoms with E-state index < -0.39 is 0 Å². The van der Waals surface area contributed by atoms with Crippen molar-refractivity contribution in [1.82, 2.24) is 0 Å². The molecule has 17 heavy (non-hydrogen) atoms. The molecule has 1 atom stereocenters. The molecule has 4 heteroatoms. The van der Waals surface area contributed by atoms with Crippen molar-refractivity contribution in [3.8, 4) is 0 Å². The first-order chi connectivity index (χ1) is 7.99. The monoisotopic (exact) mass is 288 g/mol. The first kappa shape index (κ1) is 12.9. The zero-order valence-corrected chi connectivity index (χ0v) is 11.8. The lowest BCUT2D eigenvalue weighted by molar-refractivity contribution is 0.625. The van der Waals surface area contributed by atoms with E-state index in [0.717, 1.165) is 25.9 Å². The van der Waals surface area contributed by atoms with E-state index in [1.54, 1.807) is 6.07 Å². The quantitative estimate of drug-likeness (QED) is 0.642. The Hall–Kier alpha value is -0.570. The molecule has 0 nitrogen and oxygen atoms in total. The molecule has 0 fully saturated rings. The number of thiophene rings is 1. The summed E-state index contributed by atoms with van der Waals surface area (Å²) in [5.41, 5.74) is 2.80. The summed E-state index contributed by atoms with van der Waals surface area (Å²) in [6.45, 7) is 3.80. The van der Waals surface area contributed by atoms with Crippen LogP contribution in [0.4, 0.5) is 4.39 Å². The Bertz CT molecular complexity index is 529. The minimum Gasteiger partial charge on any atom is -0.207 e. The smallest absolute Gasteiger partial charge is 0.123 e. The van der Waals surface area contributed by atoms with Gasteiger partial charge in [-0.1, -0.05) is 17.7 Å². The maximum Gasteiger partial charge on any atom is 0.123 e. The average Bonchev–Trinajstić information content (AvgIpc) is 2.58. The van der Waals surface area contributed by atoms with Crippen LogP contribution < -0.4 is 0 Å². The Morgan fingerprint density at radius 3 is 2.41 bits per heavy atom. The van der Waals surface area contributed by atoms with E-state index in [9.17, 15) is 4.39 Å². The highest BCUT2D eigenvalue weighted by atomic mass is 35.5. The van der Waals surface area contributed by atoms with Crippen molar-refractivity contribution < 1.29 is 4.39 Å². The van der Waals surface area contributed by atoms with E-state index in [0.29, 0.717) is 0 Å². The molecule has 0 saturated heterocycles. The Morgan fingerprint density at radius 1 is 1.18 bits per heavy atom. The third-order valence-corrected chi connectivity index (χ3v) is 4.85. The fourth-order valence-corrected chi connectivity index (χ4v) is 3.34. The van der Waals surface area contributed by atoms with Crippen molar-refractivity contribution >= 4 is 34.5 Å². The summed E-state index contributed by atoms with van der Waals surface area (Å²) in [5, 5.41) is -0.271. The third kappa shape index (κ3) is 2.65. The Kier molecular flexibility index (Phi) is 3.76. The molecule has 1 heterocycles. The SMILES string of the molecule is Cc1cc(F)ccc1C(Cl)c1cc(C)c(Cl)s1. The molecule has 0 radical (unpaired) electrons. The molecule has 1 aromatic carbocycles. The van der Waals surface area contributed by atoms with Gasteiger partial charge < -0.3 is 0 Å². The molecule has 90 valence electrons. The topological polar surface area (TPSA) is 0 Å². The minimum atomic E-state index is -0.271. The van der Waals surface area contributed by atoms with Crippen LogP contribution in [0.15, 0.2) is 24.3 Å². The van der Waals surface area contributed by atoms with Crippen molar-refractivity contribution in [1.29, 1.82) is 0 Å². The second-order valence-corrected chi connectivity index (χ2v) is 6.09. The van der Waals surface area contributed by atoms with Crippen LogP contribution in [0.2, 0.25) is 4.34 Å². The molecule has 0 saturated carbocycles. The molecule has 0 spiro atoms. The van der Waals surface area contributed by atoms with Crippen LogP contribution in [0.5, 0.6) is 0 Å². The average molecular weight is 289 g/mol. The van der Waals surface area contributed by atoms with Crippen LogP contribution in [-0.2, 0) is 0 Å². The molecule has 0 aliphatic carbocycles. The maximum atomic E-state index is 13.0. The fourth-order valence-electron chi connectivity index (χ4n) is 1.69. The highest BCUT2D eigenvalue weighted by Crippen LogP contribution is 2.38. The van der Waals surface area contributed by atoms with Gasteiger partial charge in [0.25, 0.3) is 0 Å². The summed E-state index contributed by atoms with van der Waals surface area (Å²) in [4.78, 5) is 0.990. The van der Waals surface area contributed by atoms with Gasteiger partial charge in [0.15, 0.2) is 0 Å². The number of hydrogen-bond acceptors (Lipinski definition) is 1. The van der Waals surface area contributed by atoms with Crippen molar-refractivity contribution in [2.45, 2.75) is 19.2 Å². The first-order valence-electron chi connectivity index (χ1n) is 5.15. The number of aryl methyl sites for hydroxylation is 2. The van der Waals surface area contributed by atoms with Gasteiger partial charge in [0.1, 0.15) is 5.82 Å². The molecule has 0 bridgehead atoms. The van der Waals surface area contributed by atoms with E-state index in [4.69, 9.17) is 23.2 Å². The van der Waals surface area contributed by atoms with Gasteiger partial charge in [-0.05, 0) is 48.7 Å². The van der Waals surface area contributed by atoms with Gasteiger partial charge in [-0.3, -0.25) is 0 Å². The lowest BCUT2D eigenvalue weighted by Gasteiger charge is -2.10. The minimum absolute atomic E-state index is 0.240. The summed E-state index contributed by atoms with van der Waals surface area (Å²) in [6.07, 6.45) is 0. The number of benzene rings is 1. The summed E-state index contributed by atoms with van der Waals surface area (Å²) in [6, 6.07) is 6.63. The van der Waals surface area contributed by atoms with Gasteiger partial charge in [0.2, 0.25) is 0 Å². The Morgan fingerprint density at radius 2 is 1.88 bits per heavy atom. The van der Waals surface area contributed by atoms with Crippen LogP contribution >= 0.6 is 34.5 Å². The van der Waals surface area contributed by atoms with E-state index in [1.807, 2.05) is 19.9 Å². The van der Waals surface area contributed by atoms with E-state index in [-0.39, 0.29) is 11.2 Å². The summed E-state index contributed by atoms with van der Waals surface area (Å²) < 4.78 is 13.8. The highest BCUT2D eigenvalue weighted by Gasteiger charge is 2.17. The van der Waals surface area contributed by atoms with Crippen LogP contribution in [0, 0.1) is 19.7 Å². The van der Waals surface area contributed by atoms with Gasteiger partial charge in [0, 0.05) is 4.88 Å². The summed E-state index contributed by atoms with van der Waals surface area (Å²) in [7, 11) is 0. The van der Waals surface area contributed by atoms with Crippen LogP contribution in [0.3, 0.4) is 0 Å². The van der Waals surface area contributed by atoms with Gasteiger partial charge in [0.05, 0.1) is 9.71 Å². The first-order valence-corrected chi connectivity index (χ1v) is 6.78. The van der Waals surface area contributed by atoms with Gasteiger partial charge >= 0.3 is 0 Å². The van der Waals surface area contributed by atoms with E-state index >= 15 is 0 Å². The second-order valence-electron chi connectivity index (χ2n) is 3.97. The van der Waals surface area contributed by atoms with Crippen molar-refractivity contribution in [2.75, 3.05) is 0 Å². The Labute approximate surface area is 114 Å². The van der Waals surface area contributed by atoms with Crippen LogP contribution in [0.1, 0.15) is 26.9 Å². The molecular weight excluding hydrogens is 278 g/mol. The van der Waals surface area contributed by atoms with Crippen LogP contribution in [0.25, 0.3) is 0 Å². The number of hydrogen-bond donors (Lipinski definition) is 0. The van der Waals surface area contributed by atoms with Gasteiger partial charge in [-0.25, -0.2) is 4.39 Å². The van der Waals surface area contributed by atoms with Gasteiger partial charge in [-0.15, -0.1) is 22.9 Å². The zero-order chi connectivity index (χ0) is 12.6. The standard InChI is InChI=1S/C13H11Cl2FS/c1-7-5-9(16)3-4-10(7)12(14)11-6-8(2)13(15)17-11/h3-6,12H,1-2H3. The second kappa shape index (κ2) is 4.97. The molecule has 1 aromatic heterocycles. The number of rotatable bonds is 2. The van der Waals surface area contributed by atoms with Gasteiger partial charge in [-0.2, -0.15) is 0 Å². The van der Waals surface area contributed by atoms with Crippen LogP contribution in [-0.4, -0.2) is 0 Å². The number of halogens is 3. The predicted octanol–water partition coefficient (Wildman–Crippen LogP) is 5.49. The molecule has 0 aliphatic heterocycles. The Balaban J connectivity index is 2.39. The third-order valence-electron chi connectivity index (χ3n) is 2.63. The molecule has 0 amide bonds. The highest BCUT2D eigenvalue weighted by molar-refractivity contribution is 7.16. The fraction of sp³-hybridized carbons (Fsp3) is 0.231. The maximum absolute atomic E-state index is 13.0. The number of alkyl halides is 1. The van der Waals surface area contributed by atoms with Crippen molar-refractivity contribution in [3.63, 3.8) is 0 Å². The normalized spacial score (nSPS) is 12.8. The molecule has 2 aromatic rings. The molecule has 0 N–H and O–H groups in total. The largest absolute Gasteiger partial charge is 0.207 e. The summed E-state index contributed by atoms with van der Waals surface area (Å²) >= 11 is 13.9. The lowest BCUT2D eigenvalue weighted by atomic mass is 10.0. The van der Waals surface area contributed by atoms with E-state index in [2.05, 4.69) is 0 Å². The molecule has 2 rings (SSSR count). The zero-order valence-electron chi connectivity index (χ0n) is 9.43. The predicted molar refractivity (Wildman–Crippen MR) is 72.9 cm³/mol.